The molecule has 92 valence electrons. The van der Waals surface area contributed by atoms with Gasteiger partial charge in [-0.3, -0.25) is 10.1 Å². The van der Waals surface area contributed by atoms with Gasteiger partial charge in [0.25, 0.3) is 0 Å². The summed E-state index contributed by atoms with van der Waals surface area (Å²) in [4.78, 5) is 16.2. The molecular weight excluding hydrogens is 202 g/mol. The minimum absolute atomic E-state index is 0.201. The molecule has 0 saturated carbocycles. The van der Waals surface area contributed by atoms with Crippen LogP contribution in [0.2, 0.25) is 0 Å². The highest BCUT2D eigenvalue weighted by atomic mass is 16.2. The van der Waals surface area contributed by atoms with E-state index in [-0.39, 0.29) is 12.1 Å². The summed E-state index contributed by atoms with van der Waals surface area (Å²) in [7, 11) is 0. The van der Waals surface area contributed by atoms with Gasteiger partial charge in [-0.15, -0.1) is 0 Å². The molecule has 1 N–H and O–H groups in total. The van der Waals surface area contributed by atoms with E-state index in [0.717, 1.165) is 6.54 Å². The number of piperidine rings is 1. The SMILES string of the molecule is CC(CN1CCCCC1)N1C(=O)CNC1C. The topological polar surface area (TPSA) is 35.6 Å². The lowest BCUT2D eigenvalue weighted by molar-refractivity contribution is -0.130. The molecule has 4 nitrogen and oxygen atoms in total. The zero-order valence-corrected chi connectivity index (χ0v) is 10.4. The van der Waals surface area contributed by atoms with Crippen molar-refractivity contribution < 1.29 is 4.79 Å². The first-order valence-electron chi connectivity index (χ1n) is 6.45. The Morgan fingerprint density at radius 2 is 2.06 bits per heavy atom. The molecule has 0 aromatic heterocycles. The molecule has 2 aliphatic heterocycles. The van der Waals surface area contributed by atoms with Crippen LogP contribution < -0.4 is 5.32 Å². The standard InChI is InChI=1S/C12H23N3O/c1-10(9-14-6-4-3-5-7-14)15-11(2)13-8-12(15)16/h10-11,13H,3-9H2,1-2H3. The van der Waals surface area contributed by atoms with Gasteiger partial charge in [-0.25, -0.2) is 0 Å². The summed E-state index contributed by atoms with van der Waals surface area (Å²) >= 11 is 0. The van der Waals surface area contributed by atoms with Crippen LogP contribution in [-0.4, -0.2) is 54.1 Å². The Hall–Kier alpha value is -0.610. The van der Waals surface area contributed by atoms with Crippen molar-refractivity contribution in [2.24, 2.45) is 0 Å². The van der Waals surface area contributed by atoms with Crippen LogP contribution >= 0.6 is 0 Å². The van der Waals surface area contributed by atoms with Crippen LogP contribution in [0.4, 0.5) is 0 Å². The molecule has 1 amide bonds. The zero-order valence-electron chi connectivity index (χ0n) is 10.4. The summed E-state index contributed by atoms with van der Waals surface area (Å²) in [6.07, 6.45) is 4.20. The second-order valence-electron chi connectivity index (χ2n) is 5.07. The number of likely N-dealkylation sites (tertiary alicyclic amines) is 1. The van der Waals surface area contributed by atoms with E-state index in [0.29, 0.717) is 12.6 Å². The Morgan fingerprint density at radius 1 is 1.38 bits per heavy atom. The monoisotopic (exact) mass is 225 g/mol. The van der Waals surface area contributed by atoms with Gasteiger partial charge in [0, 0.05) is 12.6 Å². The molecule has 0 aromatic rings. The molecule has 0 aliphatic carbocycles. The van der Waals surface area contributed by atoms with Gasteiger partial charge in [0.1, 0.15) is 0 Å². The lowest BCUT2D eigenvalue weighted by Crippen LogP contribution is -2.48. The molecule has 0 aromatic carbocycles. The summed E-state index contributed by atoms with van der Waals surface area (Å²) in [6, 6.07) is 0.329. The highest BCUT2D eigenvalue weighted by molar-refractivity contribution is 5.80. The number of nitrogens with one attached hydrogen (secondary N) is 1. The fourth-order valence-corrected chi connectivity index (χ4v) is 2.87. The van der Waals surface area contributed by atoms with Crippen LogP contribution in [0.25, 0.3) is 0 Å². The molecule has 2 rings (SSSR count). The Labute approximate surface area is 98.0 Å². The van der Waals surface area contributed by atoms with Gasteiger partial charge in [0.05, 0.1) is 12.7 Å². The van der Waals surface area contributed by atoms with Crippen molar-refractivity contribution >= 4 is 5.91 Å². The molecule has 2 saturated heterocycles. The molecule has 0 radical (unpaired) electrons. The van der Waals surface area contributed by atoms with Crippen molar-refractivity contribution in [3.63, 3.8) is 0 Å². The second kappa shape index (κ2) is 5.15. The summed E-state index contributed by atoms with van der Waals surface area (Å²) in [5.74, 6) is 0.247. The first kappa shape index (κ1) is 11.9. The van der Waals surface area contributed by atoms with E-state index < -0.39 is 0 Å². The third kappa shape index (κ3) is 2.55. The van der Waals surface area contributed by atoms with E-state index in [9.17, 15) is 4.79 Å². The van der Waals surface area contributed by atoms with Gasteiger partial charge < -0.3 is 9.80 Å². The average Bonchev–Trinajstić information content (AvgIpc) is 2.60. The van der Waals surface area contributed by atoms with E-state index in [2.05, 4.69) is 24.1 Å². The van der Waals surface area contributed by atoms with E-state index in [4.69, 9.17) is 0 Å². The van der Waals surface area contributed by atoms with Crippen LogP contribution in [0.15, 0.2) is 0 Å². The number of amides is 1. The van der Waals surface area contributed by atoms with E-state index in [1.165, 1.54) is 32.4 Å². The van der Waals surface area contributed by atoms with Crippen molar-refractivity contribution in [2.45, 2.75) is 45.3 Å². The second-order valence-corrected chi connectivity index (χ2v) is 5.07. The van der Waals surface area contributed by atoms with E-state index >= 15 is 0 Å². The van der Waals surface area contributed by atoms with Crippen LogP contribution in [-0.2, 0) is 4.79 Å². The van der Waals surface area contributed by atoms with Gasteiger partial charge in [0.15, 0.2) is 0 Å². The van der Waals surface area contributed by atoms with Crippen LogP contribution in [0, 0.1) is 0 Å². The lowest BCUT2D eigenvalue weighted by atomic mass is 10.1. The van der Waals surface area contributed by atoms with Crippen molar-refractivity contribution in [1.29, 1.82) is 0 Å². The Morgan fingerprint density at radius 3 is 2.62 bits per heavy atom. The fraction of sp³-hybridized carbons (Fsp3) is 0.917. The first-order chi connectivity index (χ1) is 7.68. The summed E-state index contributed by atoms with van der Waals surface area (Å²) in [6.45, 7) is 8.17. The molecule has 4 heteroatoms. The maximum atomic E-state index is 11.7. The third-order valence-electron chi connectivity index (χ3n) is 3.70. The molecule has 2 fully saturated rings. The number of rotatable bonds is 3. The first-order valence-corrected chi connectivity index (χ1v) is 6.45. The summed E-state index contributed by atoms with van der Waals surface area (Å²) < 4.78 is 0. The largest absolute Gasteiger partial charge is 0.322 e. The molecule has 2 aliphatic rings. The summed E-state index contributed by atoms with van der Waals surface area (Å²) in [5, 5.41) is 3.20. The minimum atomic E-state index is 0.201. The average molecular weight is 225 g/mol. The predicted molar refractivity (Wildman–Crippen MR) is 64.1 cm³/mol. The van der Waals surface area contributed by atoms with Gasteiger partial charge >= 0.3 is 0 Å². The number of nitrogens with zero attached hydrogens (tertiary/aromatic N) is 2. The highest BCUT2D eigenvalue weighted by Gasteiger charge is 2.31. The molecule has 2 unspecified atom stereocenters. The van der Waals surface area contributed by atoms with Gasteiger partial charge in [-0.1, -0.05) is 6.42 Å². The minimum Gasteiger partial charge on any atom is -0.322 e. The molecule has 0 bridgehead atoms. The smallest absolute Gasteiger partial charge is 0.238 e. The number of carbonyl (C=O) groups is 1. The molecule has 2 heterocycles. The van der Waals surface area contributed by atoms with Gasteiger partial charge in [-0.2, -0.15) is 0 Å². The summed E-state index contributed by atoms with van der Waals surface area (Å²) in [5.41, 5.74) is 0. The highest BCUT2D eigenvalue weighted by Crippen LogP contribution is 2.14. The van der Waals surface area contributed by atoms with Crippen molar-refractivity contribution in [3.8, 4) is 0 Å². The number of carbonyl (C=O) groups excluding carboxylic acids is 1. The van der Waals surface area contributed by atoms with Crippen LogP contribution in [0.5, 0.6) is 0 Å². The van der Waals surface area contributed by atoms with Crippen molar-refractivity contribution in [1.82, 2.24) is 15.1 Å². The quantitative estimate of drug-likeness (QED) is 0.765. The van der Waals surface area contributed by atoms with Gasteiger partial charge in [0.2, 0.25) is 5.91 Å². The fourth-order valence-electron chi connectivity index (χ4n) is 2.87. The Kier molecular flexibility index (Phi) is 3.82. The molecular formula is C12H23N3O. The van der Waals surface area contributed by atoms with Crippen molar-refractivity contribution in [2.75, 3.05) is 26.2 Å². The Balaban J connectivity index is 1.86. The van der Waals surface area contributed by atoms with Crippen LogP contribution in [0.3, 0.4) is 0 Å². The molecule has 16 heavy (non-hydrogen) atoms. The molecule has 2 atom stereocenters. The van der Waals surface area contributed by atoms with Crippen molar-refractivity contribution in [3.05, 3.63) is 0 Å². The van der Waals surface area contributed by atoms with E-state index in [1.54, 1.807) is 0 Å². The Bertz CT molecular complexity index is 251. The van der Waals surface area contributed by atoms with Crippen LogP contribution in [0.1, 0.15) is 33.1 Å². The lowest BCUT2D eigenvalue weighted by Gasteiger charge is -2.34. The maximum absolute atomic E-state index is 11.7. The third-order valence-corrected chi connectivity index (χ3v) is 3.70. The predicted octanol–water partition coefficient (Wildman–Crippen LogP) is 0.639. The number of hydrogen-bond acceptors (Lipinski definition) is 3. The molecule has 0 spiro atoms. The normalized spacial score (nSPS) is 29.8. The van der Waals surface area contributed by atoms with Gasteiger partial charge in [-0.05, 0) is 39.8 Å². The maximum Gasteiger partial charge on any atom is 0.238 e. The number of hydrogen-bond donors (Lipinski definition) is 1. The zero-order chi connectivity index (χ0) is 11.5. The van der Waals surface area contributed by atoms with E-state index in [1.807, 2.05) is 4.90 Å².